The second-order valence-corrected chi connectivity index (χ2v) is 8.26. The fraction of sp³-hybridized carbons (Fsp3) is 0.375. The Labute approximate surface area is 176 Å². The topological polar surface area (TPSA) is 75.7 Å². The van der Waals surface area contributed by atoms with Crippen LogP contribution in [0.1, 0.15) is 44.1 Å². The van der Waals surface area contributed by atoms with E-state index in [-0.39, 0.29) is 24.8 Å². The zero-order valence-electron chi connectivity index (χ0n) is 17.1. The van der Waals surface area contributed by atoms with Crippen LogP contribution < -0.4 is 10.1 Å². The maximum Gasteiger partial charge on any atom is 0.244 e. The lowest BCUT2D eigenvalue weighted by molar-refractivity contribution is -0.144. The van der Waals surface area contributed by atoms with Gasteiger partial charge in [0, 0.05) is 6.42 Å². The molecule has 1 saturated carbocycles. The summed E-state index contributed by atoms with van der Waals surface area (Å²) in [5.41, 5.74) is 1.04. The van der Waals surface area contributed by atoms with Gasteiger partial charge in [0.1, 0.15) is 12.3 Å². The highest BCUT2D eigenvalue weighted by Crippen LogP contribution is 2.45. The van der Waals surface area contributed by atoms with Gasteiger partial charge in [0.25, 0.3) is 0 Å². The third-order valence-electron chi connectivity index (χ3n) is 6.01. The number of carbonyl (C=O) groups is 3. The van der Waals surface area contributed by atoms with Crippen LogP contribution in [-0.4, -0.2) is 29.2 Å². The predicted molar refractivity (Wildman–Crippen MR) is 113 cm³/mol. The molecular formula is C24H26N2O4. The minimum atomic E-state index is -0.581. The quantitative estimate of drug-likeness (QED) is 0.745. The molecule has 6 heteroatoms. The number of anilines is 1. The number of hydrogen-bond acceptors (Lipinski definition) is 4. The molecule has 0 atom stereocenters. The summed E-state index contributed by atoms with van der Waals surface area (Å²) in [6.07, 6.45) is 4.73. The van der Waals surface area contributed by atoms with E-state index in [4.69, 9.17) is 4.74 Å². The first-order valence-electron chi connectivity index (χ1n) is 10.5. The minimum absolute atomic E-state index is 0.188. The van der Waals surface area contributed by atoms with E-state index in [9.17, 15) is 14.4 Å². The van der Waals surface area contributed by atoms with Crippen LogP contribution in [0, 0.1) is 12.3 Å². The molecule has 0 aromatic heterocycles. The van der Waals surface area contributed by atoms with Crippen molar-refractivity contribution in [1.29, 1.82) is 0 Å². The Morgan fingerprint density at radius 2 is 1.73 bits per heavy atom. The summed E-state index contributed by atoms with van der Waals surface area (Å²) in [4.78, 5) is 39.2. The van der Waals surface area contributed by atoms with Crippen molar-refractivity contribution in [2.75, 3.05) is 11.9 Å². The van der Waals surface area contributed by atoms with Gasteiger partial charge in [0.15, 0.2) is 5.75 Å². The molecule has 2 aromatic rings. The van der Waals surface area contributed by atoms with Crippen molar-refractivity contribution in [2.24, 2.45) is 5.41 Å². The molecule has 1 spiro atoms. The molecule has 1 aliphatic heterocycles. The zero-order valence-corrected chi connectivity index (χ0v) is 17.1. The Morgan fingerprint density at radius 3 is 2.47 bits per heavy atom. The van der Waals surface area contributed by atoms with E-state index in [2.05, 4.69) is 5.32 Å². The number of nitrogens with zero attached hydrogens (tertiary/aromatic N) is 1. The molecule has 0 radical (unpaired) electrons. The molecule has 3 amide bonds. The first kappa shape index (κ1) is 20.1. The Hall–Kier alpha value is -3.15. The van der Waals surface area contributed by atoms with Gasteiger partial charge in [0.05, 0.1) is 11.1 Å². The second-order valence-electron chi connectivity index (χ2n) is 8.26. The van der Waals surface area contributed by atoms with E-state index < -0.39 is 11.3 Å². The molecule has 1 saturated heterocycles. The number of nitrogens with one attached hydrogen (secondary N) is 1. The summed E-state index contributed by atoms with van der Waals surface area (Å²) < 4.78 is 5.91. The monoisotopic (exact) mass is 406 g/mol. The van der Waals surface area contributed by atoms with Gasteiger partial charge in [-0.3, -0.25) is 19.3 Å². The van der Waals surface area contributed by atoms with Crippen molar-refractivity contribution in [3.63, 3.8) is 0 Å². The van der Waals surface area contributed by atoms with E-state index in [0.717, 1.165) is 42.6 Å². The summed E-state index contributed by atoms with van der Waals surface area (Å²) in [6.45, 7) is 1.73. The number of hydrogen-bond donors (Lipinski definition) is 1. The first-order chi connectivity index (χ1) is 14.5. The van der Waals surface area contributed by atoms with E-state index >= 15 is 0 Å². The van der Waals surface area contributed by atoms with Gasteiger partial charge in [-0.05, 0) is 44.0 Å². The minimum Gasteiger partial charge on any atom is -0.455 e. The normalized spacial score (nSPS) is 18.0. The molecule has 0 bridgehead atoms. The van der Waals surface area contributed by atoms with Crippen molar-refractivity contribution < 1.29 is 19.1 Å². The average Bonchev–Trinajstić information content (AvgIpc) is 2.95. The van der Waals surface area contributed by atoms with Gasteiger partial charge in [0.2, 0.25) is 17.7 Å². The smallest absolute Gasteiger partial charge is 0.244 e. The third-order valence-corrected chi connectivity index (χ3v) is 6.01. The van der Waals surface area contributed by atoms with E-state index in [1.54, 1.807) is 18.2 Å². The number of likely N-dealkylation sites (tertiary alicyclic amines) is 1. The van der Waals surface area contributed by atoms with Crippen LogP contribution in [0.3, 0.4) is 0 Å². The predicted octanol–water partition coefficient (Wildman–Crippen LogP) is 4.44. The highest BCUT2D eigenvalue weighted by molar-refractivity contribution is 6.09. The molecule has 1 N–H and O–H groups in total. The van der Waals surface area contributed by atoms with Gasteiger partial charge in [-0.25, -0.2) is 0 Å². The van der Waals surface area contributed by atoms with Crippen molar-refractivity contribution in [1.82, 2.24) is 4.90 Å². The van der Waals surface area contributed by atoms with Gasteiger partial charge in [-0.1, -0.05) is 49.1 Å². The molecule has 0 unspecified atom stereocenters. The molecule has 2 fully saturated rings. The number of imide groups is 1. The van der Waals surface area contributed by atoms with Crippen LogP contribution >= 0.6 is 0 Å². The number of rotatable bonds is 5. The van der Waals surface area contributed by atoms with Crippen molar-refractivity contribution in [3.05, 3.63) is 54.1 Å². The largest absolute Gasteiger partial charge is 0.455 e. The number of benzene rings is 2. The third kappa shape index (κ3) is 4.08. The molecule has 2 aliphatic rings. The summed E-state index contributed by atoms with van der Waals surface area (Å²) in [7, 11) is 0. The lowest BCUT2D eigenvalue weighted by Gasteiger charge is -2.30. The Balaban J connectivity index is 1.44. The van der Waals surface area contributed by atoms with Crippen LogP contribution in [0.25, 0.3) is 0 Å². The van der Waals surface area contributed by atoms with Gasteiger partial charge >= 0.3 is 0 Å². The maximum absolute atomic E-state index is 12.9. The van der Waals surface area contributed by atoms with Gasteiger partial charge < -0.3 is 10.1 Å². The lowest BCUT2D eigenvalue weighted by atomic mass is 9.73. The van der Waals surface area contributed by atoms with Crippen LogP contribution in [0.5, 0.6) is 11.5 Å². The number of aryl methyl sites for hydroxylation is 1. The standard InChI is InChI=1S/C24H26N2O4/c1-17-9-11-18(12-10-17)30-20-8-4-3-7-19(20)25-21(27)16-26-22(28)15-24(23(26)29)13-5-2-6-14-24/h3-4,7-12H,2,5-6,13-16H2,1H3,(H,25,27). The Kier molecular flexibility index (Phi) is 5.57. The molecule has 6 nitrogen and oxygen atoms in total. The molecular weight excluding hydrogens is 380 g/mol. The molecule has 4 rings (SSSR count). The van der Waals surface area contributed by atoms with Crippen LogP contribution in [0.15, 0.2) is 48.5 Å². The van der Waals surface area contributed by atoms with E-state index in [0.29, 0.717) is 17.2 Å². The van der Waals surface area contributed by atoms with E-state index in [1.165, 1.54) is 0 Å². The SMILES string of the molecule is Cc1ccc(Oc2ccccc2NC(=O)CN2C(=O)CC3(CCCCC3)C2=O)cc1. The van der Waals surface area contributed by atoms with Gasteiger partial charge in [-0.15, -0.1) is 0 Å². The highest BCUT2D eigenvalue weighted by atomic mass is 16.5. The van der Waals surface area contributed by atoms with Crippen LogP contribution in [0.2, 0.25) is 0 Å². The van der Waals surface area contributed by atoms with E-state index in [1.807, 2.05) is 37.3 Å². The summed E-state index contributed by atoms with van der Waals surface area (Å²) in [5.74, 6) is 0.307. The van der Waals surface area contributed by atoms with Gasteiger partial charge in [-0.2, -0.15) is 0 Å². The van der Waals surface area contributed by atoms with Crippen molar-refractivity contribution in [2.45, 2.75) is 45.4 Å². The molecule has 2 aromatic carbocycles. The maximum atomic E-state index is 12.9. The average molecular weight is 406 g/mol. The van der Waals surface area contributed by atoms with Crippen molar-refractivity contribution >= 4 is 23.4 Å². The Morgan fingerprint density at radius 1 is 1.03 bits per heavy atom. The Bertz CT molecular complexity index is 961. The molecule has 1 heterocycles. The molecule has 1 aliphatic carbocycles. The van der Waals surface area contributed by atoms with Crippen molar-refractivity contribution in [3.8, 4) is 11.5 Å². The number of ether oxygens (including phenoxy) is 1. The lowest BCUT2D eigenvalue weighted by Crippen LogP contribution is -2.41. The zero-order chi connectivity index (χ0) is 21.1. The van der Waals surface area contributed by atoms with Crippen LogP contribution in [-0.2, 0) is 14.4 Å². The fourth-order valence-corrected chi connectivity index (χ4v) is 4.36. The number of amides is 3. The van der Waals surface area contributed by atoms with Crippen LogP contribution in [0.4, 0.5) is 5.69 Å². The summed E-state index contributed by atoms with van der Waals surface area (Å²) >= 11 is 0. The summed E-state index contributed by atoms with van der Waals surface area (Å²) in [5, 5.41) is 2.79. The highest BCUT2D eigenvalue weighted by Gasteiger charge is 2.51. The fourth-order valence-electron chi connectivity index (χ4n) is 4.36. The molecule has 156 valence electrons. The second kappa shape index (κ2) is 8.30. The number of para-hydroxylation sites is 2. The first-order valence-corrected chi connectivity index (χ1v) is 10.5. The number of carbonyl (C=O) groups excluding carboxylic acids is 3. The molecule has 30 heavy (non-hydrogen) atoms. The summed E-state index contributed by atoms with van der Waals surface area (Å²) in [6, 6.07) is 14.7.